The Bertz CT molecular complexity index is 497. The zero-order valence-corrected chi connectivity index (χ0v) is 11.3. The van der Waals surface area contributed by atoms with E-state index < -0.39 is 0 Å². The normalized spacial score (nSPS) is 15.6. The number of anilines is 1. The lowest BCUT2D eigenvalue weighted by atomic mass is 10.0. The number of amides is 2. The van der Waals surface area contributed by atoms with Gasteiger partial charge in [0.15, 0.2) is 0 Å². The fourth-order valence-electron chi connectivity index (χ4n) is 2.04. The molecular formula is C15H19N3O2. The second kappa shape index (κ2) is 7.33. The first-order valence-electron chi connectivity index (χ1n) is 6.83. The number of para-hydroxylation sites is 1. The average molecular weight is 273 g/mol. The molecule has 1 aliphatic rings. The number of nitrogens with one attached hydrogen (secondary N) is 3. The van der Waals surface area contributed by atoms with E-state index in [2.05, 4.69) is 16.2 Å². The highest BCUT2D eigenvalue weighted by atomic mass is 16.2. The Kier molecular flexibility index (Phi) is 5.17. The molecular weight excluding hydrogens is 254 g/mol. The third kappa shape index (κ3) is 4.76. The predicted octanol–water partition coefficient (Wildman–Crippen LogP) is 2.73. The molecule has 1 aromatic rings. The summed E-state index contributed by atoms with van der Waals surface area (Å²) in [6, 6.07) is 8.94. The molecule has 0 saturated heterocycles. The van der Waals surface area contributed by atoms with Crippen LogP contribution in [-0.2, 0) is 4.79 Å². The minimum Gasteiger partial charge on any atom is -0.307 e. The highest BCUT2D eigenvalue weighted by molar-refractivity contribution is 5.88. The highest BCUT2D eigenvalue weighted by Crippen LogP contribution is 2.12. The van der Waals surface area contributed by atoms with Crippen LogP contribution in [0.15, 0.2) is 42.1 Å². The van der Waals surface area contributed by atoms with Gasteiger partial charge in [0.2, 0.25) is 0 Å². The van der Waals surface area contributed by atoms with Crippen molar-refractivity contribution in [2.75, 3.05) is 5.32 Å². The second-order valence-electron chi connectivity index (χ2n) is 4.73. The molecule has 2 amide bonds. The minimum atomic E-state index is -0.310. The lowest BCUT2D eigenvalue weighted by Gasteiger charge is -2.14. The molecule has 3 N–H and O–H groups in total. The number of hydrogen-bond donors (Lipinski definition) is 3. The van der Waals surface area contributed by atoms with Crippen molar-refractivity contribution in [3.05, 3.63) is 42.1 Å². The average Bonchev–Trinajstić information content (AvgIpc) is 2.42. The number of ketones is 1. The third-order valence-corrected chi connectivity index (χ3v) is 3.08. The molecule has 0 unspecified atom stereocenters. The van der Waals surface area contributed by atoms with Crippen LogP contribution in [0.2, 0.25) is 0 Å². The molecule has 1 aliphatic carbocycles. The molecule has 20 heavy (non-hydrogen) atoms. The summed E-state index contributed by atoms with van der Waals surface area (Å²) in [5.74, 6) is 0.315. The molecule has 1 aromatic carbocycles. The largest absolute Gasteiger partial charge is 0.337 e. The molecule has 0 saturated carbocycles. The van der Waals surface area contributed by atoms with Crippen LogP contribution in [0, 0.1) is 0 Å². The first-order chi connectivity index (χ1) is 9.74. The van der Waals surface area contributed by atoms with E-state index in [4.69, 9.17) is 0 Å². The first kappa shape index (κ1) is 14.1. The number of benzene rings is 1. The maximum atomic E-state index is 11.7. The van der Waals surface area contributed by atoms with Gasteiger partial charge in [-0.1, -0.05) is 24.3 Å². The van der Waals surface area contributed by atoms with E-state index in [1.54, 1.807) is 0 Å². The molecule has 5 nitrogen and oxygen atoms in total. The molecule has 106 valence electrons. The van der Waals surface area contributed by atoms with Crippen LogP contribution in [-0.4, -0.2) is 11.8 Å². The van der Waals surface area contributed by atoms with Crippen molar-refractivity contribution in [1.82, 2.24) is 10.9 Å². The Balaban J connectivity index is 1.78. The summed E-state index contributed by atoms with van der Waals surface area (Å²) in [6.45, 7) is 0. The number of hydrazine groups is 1. The molecule has 0 aliphatic heterocycles. The van der Waals surface area contributed by atoms with E-state index in [1.807, 2.05) is 36.4 Å². The zero-order chi connectivity index (χ0) is 14.2. The number of hydrogen-bond acceptors (Lipinski definition) is 3. The van der Waals surface area contributed by atoms with Gasteiger partial charge in [0.25, 0.3) is 0 Å². The Hall–Kier alpha value is -2.30. The van der Waals surface area contributed by atoms with Gasteiger partial charge in [-0.05, 0) is 31.4 Å². The second-order valence-corrected chi connectivity index (χ2v) is 4.73. The van der Waals surface area contributed by atoms with Gasteiger partial charge < -0.3 is 10.7 Å². The van der Waals surface area contributed by atoms with Crippen LogP contribution in [0.4, 0.5) is 10.5 Å². The molecule has 0 aromatic heterocycles. The third-order valence-electron chi connectivity index (χ3n) is 3.08. The molecule has 0 heterocycles. The van der Waals surface area contributed by atoms with E-state index in [0.29, 0.717) is 18.6 Å². The lowest BCUT2D eigenvalue weighted by molar-refractivity contribution is -0.119. The van der Waals surface area contributed by atoms with Crippen molar-refractivity contribution in [2.45, 2.75) is 32.1 Å². The zero-order valence-electron chi connectivity index (χ0n) is 11.3. The first-order valence-corrected chi connectivity index (χ1v) is 6.83. The van der Waals surface area contributed by atoms with Crippen LogP contribution in [0.5, 0.6) is 0 Å². The van der Waals surface area contributed by atoms with Gasteiger partial charge in [-0.3, -0.25) is 10.2 Å². The summed E-state index contributed by atoms with van der Waals surface area (Å²) >= 11 is 0. The van der Waals surface area contributed by atoms with Gasteiger partial charge in [0.05, 0.1) is 0 Å². The van der Waals surface area contributed by atoms with Crippen molar-refractivity contribution >= 4 is 17.5 Å². The van der Waals surface area contributed by atoms with Gasteiger partial charge in [0.1, 0.15) is 5.78 Å². The van der Waals surface area contributed by atoms with E-state index in [1.165, 1.54) is 0 Å². The standard InChI is InChI=1S/C15H19N3O2/c19-14-10-4-8-13(9-5-11-14)17-18-15(20)16-12-6-2-1-3-7-12/h1-3,6-8,17H,4-5,9-11H2,(H2,16,18,20). The van der Waals surface area contributed by atoms with Crippen LogP contribution in [0.1, 0.15) is 32.1 Å². The Morgan fingerprint density at radius 1 is 1.05 bits per heavy atom. The highest BCUT2D eigenvalue weighted by Gasteiger charge is 2.08. The number of Topliss-reactive ketones (excluding diaryl/α,β-unsaturated/α-hetero) is 1. The summed E-state index contributed by atoms with van der Waals surface area (Å²) < 4.78 is 0. The van der Waals surface area contributed by atoms with Crippen LogP contribution in [0.25, 0.3) is 0 Å². The van der Waals surface area contributed by atoms with Gasteiger partial charge in [0, 0.05) is 24.2 Å². The van der Waals surface area contributed by atoms with Crippen molar-refractivity contribution in [3.8, 4) is 0 Å². The number of allylic oxidation sites excluding steroid dienone is 2. The fraction of sp³-hybridized carbons (Fsp3) is 0.333. The number of carbonyl (C=O) groups excluding carboxylic acids is 2. The summed E-state index contributed by atoms with van der Waals surface area (Å²) in [5.41, 5.74) is 7.22. The van der Waals surface area contributed by atoms with Gasteiger partial charge in [-0.2, -0.15) is 0 Å². The number of urea groups is 1. The topological polar surface area (TPSA) is 70.2 Å². The maximum absolute atomic E-state index is 11.7. The molecule has 0 radical (unpaired) electrons. The Morgan fingerprint density at radius 3 is 2.65 bits per heavy atom. The lowest BCUT2D eigenvalue weighted by Crippen LogP contribution is -2.39. The minimum absolute atomic E-state index is 0.310. The molecule has 0 bridgehead atoms. The Labute approximate surface area is 118 Å². The molecule has 2 rings (SSSR count). The summed E-state index contributed by atoms with van der Waals surface area (Å²) in [7, 11) is 0. The van der Waals surface area contributed by atoms with E-state index in [9.17, 15) is 9.59 Å². The van der Waals surface area contributed by atoms with E-state index >= 15 is 0 Å². The summed E-state index contributed by atoms with van der Waals surface area (Å²) in [5, 5.41) is 2.72. The summed E-state index contributed by atoms with van der Waals surface area (Å²) in [6.07, 6.45) is 5.50. The van der Waals surface area contributed by atoms with E-state index in [0.717, 1.165) is 30.6 Å². The fourth-order valence-corrected chi connectivity index (χ4v) is 2.04. The number of rotatable bonds is 3. The summed E-state index contributed by atoms with van der Waals surface area (Å²) in [4.78, 5) is 23.0. The van der Waals surface area contributed by atoms with Crippen molar-refractivity contribution < 1.29 is 9.59 Å². The number of carbonyl (C=O) groups is 2. The molecule has 0 fully saturated rings. The Morgan fingerprint density at radius 2 is 1.85 bits per heavy atom. The molecule has 0 spiro atoms. The SMILES string of the molecule is O=C1CCC=C(NNC(=O)Nc2ccccc2)CCC1. The van der Waals surface area contributed by atoms with E-state index in [-0.39, 0.29) is 6.03 Å². The van der Waals surface area contributed by atoms with Crippen molar-refractivity contribution in [1.29, 1.82) is 0 Å². The monoisotopic (exact) mass is 273 g/mol. The van der Waals surface area contributed by atoms with Crippen LogP contribution >= 0.6 is 0 Å². The van der Waals surface area contributed by atoms with Crippen molar-refractivity contribution in [3.63, 3.8) is 0 Å². The maximum Gasteiger partial charge on any atom is 0.337 e. The smallest absolute Gasteiger partial charge is 0.307 e. The van der Waals surface area contributed by atoms with Crippen LogP contribution < -0.4 is 16.2 Å². The molecule has 5 heteroatoms. The van der Waals surface area contributed by atoms with Gasteiger partial charge >= 0.3 is 6.03 Å². The quantitative estimate of drug-likeness (QED) is 0.742. The van der Waals surface area contributed by atoms with Gasteiger partial charge in [-0.25, -0.2) is 4.79 Å². The van der Waals surface area contributed by atoms with Crippen molar-refractivity contribution in [2.24, 2.45) is 0 Å². The van der Waals surface area contributed by atoms with Gasteiger partial charge in [-0.15, -0.1) is 0 Å². The predicted molar refractivity (Wildman–Crippen MR) is 77.9 cm³/mol. The molecule has 0 atom stereocenters. The van der Waals surface area contributed by atoms with Crippen LogP contribution in [0.3, 0.4) is 0 Å².